The molecule has 0 aliphatic carbocycles. The summed E-state index contributed by atoms with van der Waals surface area (Å²) in [6.07, 6.45) is 4.19. The van der Waals surface area contributed by atoms with E-state index in [1.807, 2.05) is 18.3 Å². The standard InChI is InChI=1S/C26H32N2O3/c1-17-14-18(2)25-22(8-10-27-25)23(17)15-21-9-11-28(12-13-31-3)16-24(21)19-4-6-20(7-5-19)26(29)30/h4-8,10,14,21,24,27H,9,11-13,15-16H2,1-3H3,(H,29,30). The van der Waals surface area contributed by atoms with Gasteiger partial charge in [0.25, 0.3) is 0 Å². The first-order chi connectivity index (χ1) is 15.0. The zero-order valence-electron chi connectivity index (χ0n) is 18.6. The number of piperidine rings is 1. The number of aryl methyl sites for hydroxylation is 2. The number of carboxylic acid groups (broad SMARTS) is 1. The molecule has 164 valence electrons. The number of carbonyl (C=O) groups is 1. The van der Waals surface area contributed by atoms with Crippen LogP contribution in [-0.2, 0) is 11.2 Å². The van der Waals surface area contributed by atoms with Gasteiger partial charge in [-0.15, -0.1) is 0 Å². The molecule has 31 heavy (non-hydrogen) atoms. The molecule has 0 radical (unpaired) electrons. The summed E-state index contributed by atoms with van der Waals surface area (Å²) in [5.74, 6) is -0.00396. The molecule has 3 aromatic rings. The van der Waals surface area contributed by atoms with Crippen LogP contribution in [0.15, 0.2) is 42.6 Å². The third kappa shape index (κ3) is 4.53. The normalized spacial score (nSPS) is 19.7. The average molecular weight is 421 g/mol. The molecule has 1 fully saturated rings. The van der Waals surface area contributed by atoms with Crippen LogP contribution in [0.2, 0.25) is 0 Å². The van der Waals surface area contributed by atoms with Crippen molar-refractivity contribution in [3.05, 3.63) is 70.4 Å². The molecule has 2 aromatic carbocycles. The number of H-pyrrole nitrogens is 1. The van der Waals surface area contributed by atoms with Gasteiger partial charge in [-0.2, -0.15) is 0 Å². The second kappa shape index (κ2) is 9.25. The van der Waals surface area contributed by atoms with Crippen LogP contribution in [-0.4, -0.2) is 54.3 Å². The number of methoxy groups -OCH3 is 1. The molecule has 4 rings (SSSR count). The van der Waals surface area contributed by atoms with Gasteiger partial charge in [-0.1, -0.05) is 18.2 Å². The molecule has 0 spiro atoms. The lowest BCUT2D eigenvalue weighted by Crippen LogP contribution is -2.41. The van der Waals surface area contributed by atoms with Crippen LogP contribution in [0.1, 0.15) is 45.0 Å². The van der Waals surface area contributed by atoms with Gasteiger partial charge in [0.15, 0.2) is 0 Å². The molecule has 5 nitrogen and oxygen atoms in total. The Hall–Kier alpha value is -2.63. The van der Waals surface area contributed by atoms with Gasteiger partial charge in [0, 0.05) is 37.3 Å². The fourth-order valence-electron chi connectivity index (χ4n) is 5.16. The van der Waals surface area contributed by atoms with Gasteiger partial charge in [0.05, 0.1) is 12.2 Å². The Morgan fingerprint density at radius 3 is 2.68 bits per heavy atom. The van der Waals surface area contributed by atoms with Crippen molar-refractivity contribution in [3.63, 3.8) is 0 Å². The zero-order valence-corrected chi connectivity index (χ0v) is 18.6. The van der Waals surface area contributed by atoms with Crippen molar-refractivity contribution in [2.24, 2.45) is 5.92 Å². The number of aromatic nitrogens is 1. The maximum atomic E-state index is 11.3. The summed E-state index contributed by atoms with van der Waals surface area (Å²) >= 11 is 0. The Bertz CT molecular complexity index is 1050. The number of nitrogens with one attached hydrogen (secondary N) is 1. The number of ether oxygens (including phenoxy) is 1. The molecule has 1 saturated heterocycles. The molecule has 2 N–H and O–H groups in total. The lowest BCUT2D eigenvalue weighted by atomic mass is 9.76. The third-order valence-electron chi connectivity index (χ3n) is 6.88. The van der Waals surface area contributed by atoms with Crippen LogP contribution < -0.4 is 0 Å². The third-order valence-corrected chi connectivity index (χ3v) is 6.88. The highest BCUT2D eigenvalue weighted by molar-refractivity contribution is 5.88. The van der Waals surface area contributed by atoms with Crippen LogP contribution in [0.3, 0.4) is 0 Å². The molecule has 2 atom stereocenters. The quantitative estimate of drug-likeness (QED) is 0.577. The average Bonchev–Trinajstić information content (AvgIpc) is 3.26. The molecule has 2 heterocycles. The summed E-state index contributed by atoms with van der Waals surface area (Å²) in [5.41, 5.74) is 6.88. The van der Waals surface area contributed by atoms with Crippen LogP contribution in [0.25, 0.3) is 10.9 Å². The van der Waals surface area contributed by atoms with Gasteiger partial charge >= 0.3 is 5.97 Å². The molecule has 5 heteroatoms. The molecule has 1 aromatic heterocycles. The maximum absolute atomic E-state index is 11.3. The van der Waals surface area contributed by atoms with Gasteiger partial charge in [-0.3, -0.25) is 0 Å². The van der Waals surface area contributed by atoms with E-state index in [0.29, 0.717) is 17.4 Å². The topological polar surface area (TPSA) is 65.6 Å². The van der Waals surface area contributed by atoms with Crippen molar-refractivity contribution in [2.45, 2.75) is 32.6 Å². The minimum absolute atomic E-state index is 0.343. The first kappa shape index (κ1) is 21.6. The molecule has 0 amide bonds. The van der Waals surface area contributed by atoms with E-state index in [2.05, 4.69) is 35.9 Å². The van der Waals surface area contributed by atoms with Crippen molar-refractivity contribution in [3.8, 4) is 0 Å². The Balaban J connectivity index is 1.65. The fraction of sp³-hybridized carbons (Fsp3) is 0.423. The highest BCUT2D eigenvalue weighted by atomic mass is 16.5. The lowest BCUT2D eigenvalue weighted by Gasteiger charge is -2.39. The van der Waals surface area contributed by atoms with Gasteiger partial charge < -0.3 is 19.7 Å². The van der Waals surface area contributed by atoms with Gasteiger partial charge in [-0.25, -0.2) is 4.79 Å². The van der Waals surface area contributed by atoms with Crippen molar-refractivity contribution in [1.82, 2.24) is 9.88 Å². The number of benzene rings is 2. The van der Waals surface area contributed by atoms with E-state index in [9.17, 15) is 9.90 Å². The van der Waals surface area contributed by atoms with Crippen molar-refractivity contribution in [1.29, 1.82) is 0 Å². The Morgan fingerprint density at radius 2 is 1.97 bits per heavy atom. The SMILES string of the molecule is COCCN1CCC(Cc2c(C)cc(C)c3[nH]ccc23)C(c2ccc(C(=O)O)cc2)C1. The van der Waals surface area contributed by atoms with E-state index < -0.39 is 5.97 Å². The summed E-state index contributed by atoms with van der Waals surface area (Å²) in [4.78, 5) is 17.2. The minimum Gasteiger partial charge on any atom is -0.478 e. The molecular formula is C26H32N2O3. The van der Waals surface area contributed by atoms with E-state index in [4.69, 9.17) is 4.74 Å². The summed E-state index contributed by atoms with van der Waals surface area (Å²) < 4.78 is 5.31. The van der Waals surface area contributed by atoms with E-state index in [-0.39, 0.29) is 0 Å². The molecule has 0 bridgehead atoms. The van der Waals surface area contributed by atoms with Crippen molar-refractivity contribution < 1.29 is 14.6 Å². The zero-order chi connectivity index (χ0) is 22.0. The summed E-state index contributed by atoms with van der Waals surface area (Å²) in [5, 5.41) is 10.6. The largest absolute Gasteiger partial charge is 0.478 e. The van der Waals surface area contributed by atoms with Gasteiger partial charge in [-0.05, 0) is 85.5 Å². The van der Waals surface area contributed by atoms with E-state index >= 15 is 0 Å². The second-order valence-electron chi connectivity index (χ2n) is 8.84. The maximum Gasteiger partial charge on any atom is 0.335 e. The lowest BCUT2D eigenvalue weighted by molar-refractivity contribution is 0.0696. The number of rotatable bonds is 7. The Morgan fingerprint density at radius 1 is 1.19 bits per heavy atom. The van der Waals surface area contributed by atoms with Crippen LogP contribution >= 0.6 is 0 Å². The summed E-state index contributed by atoms with van der Waals surface area (Å²) in [6.45, 7) is 8.09. The van der Waals surface area contributed by atoms with E-state index in [1.165, 1.54) is 33.2 Å². The van der Waals surface area contributed by atoms with Crippen LogP contribution in [0.4, 0.5) is 0 Å². The van der Waals surface area contributed by atoms with E-state index in [0.717, 1.165) is 39.1 Å². The van der Waals surface area contributed by atoms with Crippen molar-refractivity contribution in [2.75, 3.05) is 33.4 Å². The summed E-state index contributed by atoms with van der Waals surface area (Å²) in [6, 6.07) is 12.0. The minimum atomic E-state index is -0.876. The molecular weight excluding hydrogens is 388 g/mol. The molecule has 1 aliphatic heterocycles. The second-order valence-corrected chi connectivity index (χ2v) is 8.84. The number of carboxylic acids is 1. The van der Waals surface area contributed by atoms with Crippen molar-refractivity contribution >= 4 is 16.9 Å². The molecule has 2 unspecified atom stereocenters. The first-order valence-electron chi connectivity index (χ1n) is 11.1. The number of hydrogen-bond donors (Lipinski definition) is 2. The number of fused-ring (bicyclic) bond motifs is 1. The highest BCUT2D eigenvalue weighted by Gasteiger charge is 2.31. The number of nitrogens with zero attached hydrogens (tertiary/aromatic N) is 1. The Labute approximate surface area is 184 Å². The smallest absolute Gasteiger partial charge is 0.335 e. The van der Waals surface area contributed by atoms with Crippen LogP contribution in [0.5, 0.6) is 0 Å². The fourth-order valence-corrected chi connectivity index (χ4v) is 5.16. The van der Waals surface area contributed by atoms with Gasteiger partial charge in [0.2, 0.25) is 0 Å². The Kier molecular flexibility index (Phi) is 6.44. The predicted octanol–water partition coefficient (Wildman–Crippen LogP) is 4.78. The highest BCUT2D eigenvalue weighted by Crippen LogP contribution is 2.37. The molecule has 1 aliphatic rings. The number of likely N-dealkylation sites (tertiary alicyclic amines) is 1. The van der Waals surface area contributed by atoms with Gasteiger partial charge in [0.1, 0.15) is 0 Å². The predicted molar refractivity (Wildman–Crippen MR) is 124 cm³/mol. The van der Waals surface area contributed by atoms with E-state index in [1.54, 1.807) is 19.2 Å². The van der Waals surface area contributed by atoms with Crippen LogP contribution in [0, 0.1) is 19.8 Å². The number of aromatic amines is 1. The molecule has 0 saturated carbocycles. The number of aromatic carboxylic acids is 1. The number of hydrogen-bond acceptors (Lipinski definition) is 3. The summed E-state index contributed by atoms with van der Waals surface area (Å²) in [7, 11) is 1.75. The monoisotopic (exact) mass is 420 g/mol. The first-order valence-corrected chi connectivity index (χ1v) is 11.1.